The van der Waals surface area contributed by atoms with Crippen LogP contribution in [-0.4, -0.2) is 49.1 Å². The van der Waals surface area contributed by atoms with E-state index in [9.17, 15) is 9.59 Å². The molecule has 2 heterocycles. The van der Waals surface area contributed by atoms with E-state index < -0.39 is 0 Å². The number of urea groups is 1. The van der Waals surface area contributed by atoms with E-state index in [1.54, 1.807) is 0 Å². The lowest BCUT2D eigenvalue weighted by molar-refractivity contribution is -0.132. The fraction of sp³-hybridized carbons (Fsp3) is 0.579. The largest absolute Gasteiger partial charge is 0.343 e. The molecule has 1 aromatic carbocycles. The number of nitrogens with zero attached hydrogens (tertiary/aromatic N) is 1. The number of rotatable bonds is 5. The molecule has 7 heteroatoms. The third-order valence-corrected chi connectivity index (χ3v) is 5.14. The van der Waals surface area contributed by atoms with Gasteiger partial charge in [0.05, 0.1) is 0 Å². The van der Waals surface area contributed by atoms with Gasteiger partial charge in [0.15, 0.2) is 0 Å². The lowest BCUT2D eigenvalue weighted by Gasteiger charge is -2.32. The van der Waals surface area contributed by atoms with Crippen LogP contribution in [0.2, 0.25) is 0 Å². The van der Waals surface area contributed by atoms with Crippen LogP contribution in [0, 0.1) is 5.92 Å². The van der Waals surface area contributed by atoms with Gasteiger partial charge in [-0.3, -0.25) is 4.79 Å². The summed E-state index contributed by atoms with van der Waals surface area (Å²) in [5.41, 5.74) is 0.786. The Morgan fingerprint density at radius 3 is 2.50 bits per heavy atom. The fourth-order valence-corrected chi connectivity index (χ4v) is 3.59. The summed E-state index contributed by atoms with van der Waals surface area (Å²) in [5.74, 6) is 0.920. The van der Waals surface area contributed by atoms with Crippen molar-refractivity contribution in [1.82, 2.24) is 15.5 Å². The molecule has 3 rings (SSSR count). The highest BCUT2D eigenvalue weighted by atomic mass is 35.5. The van der Waals surface area contributed by atoms with Crippen LogP contribution in [0.15, 0.2) is 30.3 Å². The van der Waals surface area contributed by atoms with Gasteiger partial charge in [-0.05, 0) is 56.8 Å². The first kappa shape index (κ1) is 20.5. The number of likely N-dealkylation sites (tertiary alicyclic amines) is 1. The number of hydrogen-bond donors (Lipinski definition) is 3. The van der Waals surface area contributed by atoms with Crippen molar-refractivity contribution < 1.29 is 9.59 Å². The second kappa shape index (κ2) is 10.4. The SMILES string of the molecule is Cl.O=C(Nc1ccccc1)NC1CCN(C(=O)CCC2CCNC2)CC1. The van der Waals surface area contributed by atoms with E-state index >= 15 is 0 Å². The lowest BCUT2D eigenvalue weighted by Crippen LogP contribution is -2.47. The average molecular weight is 381 g/mol. The monoisotopic (exact) mass is 380 g/mol. The van der Waals surface area contributed by atoms with E-state index in [2.05, 4.69) is 16.0 Å². The molecule has 3 N–H and O–H groups in total. The van der Waals surface area contributed by atoms with E-state index in [0.29, 0.717) is 12.3 Å². The van der Waals surface area contributed by atoms with E-state index in [0.717, 1.165) is 51.1 Å². The molecule has 0 spiro atoms. The van der Waals surface area contributed by atoms with Gasteiger partial charge in [0.1, 0.15) is 0 Å². The van der Waals surface area contributed by atoms with Gasteiger partial charge in [-0.25, -0.2) is 4.79 Å². The number of carbonyl (C=O) groups is 2. The smallest absolute Gasteiger partial charge is 0.319 e. The van der Waals surface area contributed by atoms with Crippen molar-refractivity contribution in [2.75, 3.05) is 31.5 Å². The molecule has 0 saturated carbocycles. The molecule has 1 unspecified atom stereocenters. The van der Waals surface area contributed by atoms with Crippen LogP contribution >= 0.6 is 12.4 Å². The fourth-order valence-electron chi connectivity index (χ4n) is 3.59. The van der Waals surface area contributed by atoms with Crippen molar-refractivity contribution >= 4 is 30.0 Å². The van der Waals surface area contributed by atoms with Gasteiger partial charge in [-0.2, -0.15) is 0 Å². The molecule has 3 amide bonds. The number of halogens is 1. The van der Waals surface area contributed by atoms with Gasteiger partial charge >= 0.3 is 6.03 Å². The molecule has 6 nitrogen and oxygen atoms in total. The van der Waals surface area contributed by atoms with E-state index in [4.69, 9.17) is 0 Å². The topological polar surface area (TPSA) is 73.5 Å². The summed E-state index contributed by atoms with van der Waals surface area (Å²) in [6.45, 7) is 3.60. The van der Waals surface area contributed by atoms with Gasteiger partial charge < -0.3 is 20.9 Å². The van der Waals surface area contributed by atoms with Crippen molar-refractivity contribution in [1.29, 1.82) is 0 Å². The van der Waals surface area contributed by atoms with E-state index in [-0.39, 0.29) is 30.4 Å². The predicted octanol–water partition coefficient (Wildman–Crippen LogP) is 2.61. The standard InChI is InChI=1S/C19H28N4O2.ClH/c24-18(7-6-15-8-11-20-14-15)23-12-9-17(10-13-23)22-19(25)21-16-4-2-1-3-5-16;/h1-5,15,17,20H,6-14H2,(H2,21,22,25);1H. The summed E-state index contributed by atoms with van der Waals surface area (Å²) in [6.07, 6.45) is 4.47. The molecule has 1 aromatic rings. The minimum atomic E-state index is -0.176. The summed E-state index contributed by atoms with van der Waals surface area (Å²) < 4.78 is 0. The second-order valence-corrected chi connectivity index (χ2v) is 7.02. The molecule has 26 heavy (non-hydrogen) atoms. The Morgan fingerprint density at radius 2 is 1.85 bits per heavy atom. The Morgan fingerprint density at radius 1 is 1.12 bits per heavy atom. The van der Waals surface area contributed by atoms with Crippen LogP contribution in [0.3, 0.4) is 0 Å². The van der Waals surface area contributed by atoms with Crippen LogP contribution < -0.4 is 16.0 Å². The Labute approximate surface area is 161 Å². The molecule has 0 radical (unpaired) electrons. The zero-order chi connectivity index (χ0) is 17.5. The van der Waals surface area contributed by atoms with E-state index in [1.807, 2.05) is 35.2 Å². The van der Waals surface area contributed by atoms with Crippen molar-refractivity contribution in [3.63, 3.8) is 0 Å². The number of para-hydroxylation sites is 1. The van der Waals surface area contributed by atoms with Crippen LogP contribution in [0.25, 0.3) is 0 Å². The first-order valence-electron chi connectivity index (χ1n) is 9.32. The molecule has 0 aliphatic carbocycles. The molecular weight excluding hydrogens is 352 g/mol. The number of carbonyl (C=O) groups excluding carboxylic acids is 2. The highest BCUT2D eigenvalue weighted by molar-refractivity contribution is 5.89. The predicted molar refractivity (Wildman–Crippen MR) is 106 cm³/mol. The highest BCUT2D eigenvalue weighted by Crippen LogP contribution is 2.17. The quantitative estimate of drug-likeness (QED) is 0.735. The molecular formula is C19H29ClN4O2. The number of hydrogen-bond acceptors (Lipinski definition) is 3. The van der Waals surface area contributed by atoms with Gasteiger partial charge in [0.25, 0.3) is 0 Å². The number of piperidine rings is 1. The lowest BCUT2D eigenvalue weighted by atomic mass is 10.0. The Kier molecular flexibility index (Phi) is 8.19. The normalized spacial score (nSPS) is 20.3. The number of nitrogens with one attached hydrogen (secondary N) is 3. The molecule has 2 aliphatic heterocycles. The Bertz CT molecular complexity index is 570. The molecule has 2 aliphatic rings. The third-order valence-electron chi connectivity index (χ3n) is 5.14. The number of amides is 3. The summed E-state index contributed by atoms with van der Waals surface area (Å²) in [6, 6.07) is 9.37. The van der Waals surface area contributed by atoms with E-state index in [1.165, 1.54) is 6.42 Å². The minimum Gasteiger partial charge on any atom is -0.343 e. The summed E-state index contributed by atoms with van der Waals surface area (Å²) in [5, 5.41) is 9.19. The molecule has 2 fully saturated rings. The first-order valence-corrected chi connectivity index (χ1v) is 9.32. The molecule has 2 saturated heterocycles. The third kappa shape index (κ3) is 6.18. The maximum absolute atomic E-state index is 12.3. The van der Waals surface area contributed by atoms with Crippen LogP contribution in [0.4, 0.5) is 10.5 Å². The maximum atomic E-state index is 12.3. The zero-order valence-corrected chi connectivity index (χ0v) is 15.9. The van der Waals surface area contributed by atoms with Crippen molar-refractivity contribution in [3.05, 3.63) is 30.3 Å². The Balaban J connectivity index is 0.00000243. The number of benzene rings is 1. The van der Waals surface area contributed by atoms with Crippen LogP contribution in [-0.2, 0) is 4.79 Å². The average Bonchev–Trinajstić information content (AvgIpc) is 3.14. The first-order chi connectivity index (χ1) is 12.2. The van der Waals surface area contributed by atoms with Gasteiger partial charge in [0, 0.05) is 31.2 Å². The van der Waals surface area contributed by atoms with Crippen LogP contribution in [0.1, 0.15) is 32.1 Å². The summed E-state index contributed by atoms with van der Waals surface area (Å²) >= 11 is 0. The maximum Gasteiger partial charge on any atom is 0.319 e. The molecule has 1 atom stereocenters. The van der Waals surface area contributed by atoms with Crippen molar-refractivity contribution in [2.24, 2.45) is 5.92 Å². The zero-order valence-electron chi connectivity index (χ0n) is 15.1. The van der Waals surface area contributed by atoms with Gasteiger partial charge in [0.2, 0.25) is 5.91 Å². The summed E-state index contributed by atoms with van der Waals surface area (Å²) in [7, 11) is 0. The van der Waals surface area contributed by atoms with Gasteiger partial charge in [-0.1, -0.05) is 18.2 Å². The van der Waals surface area contributed by atoms with Crippen molar-refractivity contribution in [2.45, 2.75) is 38.1 Å². The minimum absolute atomic E-state index is 0. The molecule has 0 aromatic heterocycles. The highest BCUT2D eigenvalue weighted by Gasteiger charge is 2.24. The van der Waals surface area contributed by atoms with Crippen molar-refractivity contribution in [3.8, 4) is 0 Å². The Hall–Kier alpha value is -1.79. The molecule has 144 valence electrons. The number of anilines is 1. The van der Waals surface area contributed by atoms with Gasteiger partial charge in [-0.15, -0.1) is 12.4 Å². The van der Waals surface area contributed by atoms with Crippen LogP contribution in [0.5, 0.6) is 0 Å². The second-order valence-electron chi connectivity index (χ2n) is 7.02. The molecule has 0 bridgehead atoms. The summed E-state index contributed by atoms with van der Waals surface area (Å²) in [4.78, 5) is 26.3.